The molecule has 0 bridgehead atoms. The molecule has 7 heteroatoms. The summed E-state index contributed by atoms with van der Waals surface area (Å²) < 4.78 is 19.4. The molecular weight excluding hydrogens is 431 g/mol. The summed E-state index contributed by atoms with van der Waals surface area (Å²) in [5.41, 5.74) is 4.97. The fourth-order valence-corrected chi connectivity index (χ4v) is 4.06. The molecule has 6 nitrogen and oxygen atoms in total. The van der Waals surface area contributed by atoms with Crippen molar-refractivity contribution in [2.24, 2.45) is 0 Å². The minimum absolute atomic E-state index is 0.153. The number of hydrogen-bond acceptors (Lipinski definition) is 4. The summed E-state index contributed by atoms with van der Waals surface area (Å²) in [4.78, 5) is 14.9. The van der Waals surface area contributed by atoms with Crippen molar-refractivity contribution in [2.75, 3.05) is 7.05 Å². The largest absolute Gasteiger partial charge is 0.490 e. The van der Waals surface area contributed by atoms with Crippen molar-refractivity contribution in [1.29, 1.82) is 5.26 Å². The first kappa shape index (κ1) is 21.7. The van der Waals surface area contributed by atoms with Crippen molar-refractivity contribution < 1.29 is 13.9 Å². The zero-order valence-electron chi connectivity index (χ0n) is 18.7. The number of aromatic nitrogens is 2. The van der Waals surface area contributed by atoms with Gasteiger partial charge in [0.15, 0.2) is 0 Å². The molecule has 170 valence electrons. The Labute approximate surface area is 196 Å². The molecule has 1 amide bonds. The SMILES string of the molecule is CN(Cc1ccc(CF)c2cn[nH]c12)C(=O)c1ccc(-c2cccc(C#N)c2)c(OC2CC2)c1. The Kier molecular flexibility index (Phi) is 5.72. The third kappa shape index (κ3) is 4.23. The molecular formula is C27H23FN4O2. The molecule has 0 aliphatic heterocycles. The standard InChI is InChI=1S/C27H23FN4O2/c1-32(16-21-6-5-20(13-28)24-15-30-31-26(21)24)27(33)19-7-10-23(25(12-19)34-22-8-9-22)18-4-2-3-17(11-18)14-29/h2-7,10-12,15,22H,8-9,13,16H2,1H3,(H,30,31). The molecule has 0 atom stereocenters. The van der Waals surface area contributed by atoms with E-state index >= 15 is 0 Å². The van der Waals surface area contributed by atoms with Gasteiger partial charge in [-0.2, -0.15) is 10.4 Å². The highest BCUT2D eigenvalue weighted by Crippen LogP contribution is 2.36. The maximum absolute atomic E-state index is 13.3. The number of aromatic amines is 1. The number of rotatable bonds is 7. The molecule has 1 fully saturated rings. The Morgan fingerprint density at radius 2 is 2.03 bits per heavy atom. The Morgan fingerprint density at radius 1 is 1.21 bits per heavy atom. The highest BCUT2D eigenvalue weighted by molar-refractivity contribution is 5.96. The summed E-state index contributed by atoms with van der Waals surface area (Å²) in [7, 11) is 1.74. The van der Waals surface area contributed by atoms with Crippen LogP contribution in [0.4, 0.5) is 4.39 Å². The Morgan fingerprint density at radius 3 is 2.79 bits per heavy atom. The molecule has 3 aromatic carbocycles. The molecule has 1 saturated carbocycles. The molecule has 1 heterocycles. The molecule has 0 spiro atoms. The van der Waals surface area contributed by atoms with E-state index in [1.54, 1.807) is 42.4 Å². The van der Waals surface area contributed by atoms with Crippen molar-refractivity contribution in [3.05, 3.63) is 83.0 Å². The molecule has 1 N–H and O–H groups in total. The zero-order valence-corrected chi connectivity index (χ0v) is 18.7. The highest BCUT2D eigenvalue weighted by Gasteiger charge is 2.26. The van der Waals surface area contributed by atoms with Crippen LogP contribution in [-0.4, -0.2) is 34.2 Å². The summed E-state index contributed by atoms with van der Waals surface area (Å²) in [5.74, 6) is 0.486. The fraction of sp³-hybridized carbons (Fsp3) is 0.222. The average molecular weight is 455 g/mol. The average Bonchev–Trinajstić information content (AvgIpc) is 3.54. The topological polar surface area (TPSA) is 82.0 Å². The molecule has 0 unspecified atom stereocenters. The van der Waals surface area contributed by atoms with Gasteiger partial charge in [-0.25, -0.2) is 4.39 Å². The molecule has 0 radical (unpaired) electrons. The Hall–Kier alpha value is -4.18. The highest BCUT2D eigenvalue weighted by atomic mass is 19.1. The minimum atomic E-state index is -0.571. The predicted octanol–water partition coefficient (Wildman–Crippen LogP) is 5.38. The van der Waals surface area contributed by atoms with Crippen molar-refractivity contribution in [1.82, 2.24) is 15.1 Å². The summed E-state index contributed by atoms with van der Waals surface area (Å²) in [6, 6.07) is 18.5. The number of fused-ring (bicyclic) bond motifs is 1. The van der Waals surface area contributed by atoms with Crippen LogP contribution in [0.25, 0.3) is 22.0 Å². The van der Waals surface area contributed by atoms with Gasteiger partial charge in [-0.15, -0.1) is 0 Å². The smallest absolute Gasteiger partial charge is 0.254 e. The monoisotopic (exact) mass is 454 g/mol. The van der Waals surface area contributed by atoms with Crippen molar-refractivity contribution in [2.45, 2.75) is 32.2 Å². The first-order valence-corrected chi connectivity index (χ1v) is 11.1. The van der Waals surface area contributed by atoms with Crippen LogP contribution in [0.2, 0.25) is 0 Å². The number of hydrogen-bond donors (Lipinski definition) is 1. The van der Waals surface area contributed by atoms with Crippen LogP contribution in [0.3, 0.4) is 0 Å². The third-order valence-corrected chi connectivity index (χ3v) is 6.04. The van der Waals surface area contributed by atoms with E-state index in [2.05, 4.69) is 16.3 Å². The second-order valence-corrected chi connectivity index (χ2v) is 8.56. The van der Waals surface area contributed by atoms with Gasteiger partial charge in [0.1, 0.15) is 12.4 Å². The maximum Gasteiger partial charge on any atom is 0.254 e. The number of halogens is 1. The zero-order chi connectivity index (χ0) is 23.7. The third-order valence-electron chi connectivity index (χ3n) is 6.04. The molecule has 1 aliphatic rings. The summed E-state index contributed by atoms with van der Waals surface area (Å²) in [6.45, 7) is -0.229. The first-order chi connectivity index (χ1) is 16.6. The van der Waals surface area contributed by atoms with Crippen molar-refractivity contribution in [3.63, 3.8) is 0 Å². The van der Waals surface area contributed by atoms with Crippen LogP contribution in [0.1, 0.15) is 39.9 Å². The number of benzene rings is 3. The number of nitrogens with zero attached hydrogens (tertiary/aromatic N) is 3. The lowest BCUT2D eigenvalue weighted by atomic mass is 10.00. The van der Waals surface area contributed by atoms with Crippen LogP contribution in [0, 0.1) is 11.3 Å². The van der Waals surface area contributed by atoms with Gasteiger partial charge < -0.3 is 9.64 Å². The van der Waals surface area contributed by atoms with Gasteiger partial charge in [0.25, 0.3) is 5.91 Å². The number of carbonyl (C=O) groups excluding carboxylic acids is 1. The van der Waals surface area contributed by atoms with Crippen LogP contribution in [0.5, 0.6) is 5.75 Å². The number of ether oxygens (including phenoxy) is 1. The second kappa shape index (κ2) is 8.99. The molecule has 34 heavy (non-hydrogen) atoms. The molecule has 1 aliphatic carbocycles. The van der Waals surface area contributed by atoms with E-state index in [9.17, 15) is 14.4 Å². The van der Waals surface area contributed by atoms with E-state index < -0.39 is 6.67 Å². The van der Waals surface area contributed by atoms with Gasteiger partial charge in [-0.3, -0.25) is 9.89 Å². The van der Waals surface area contributed by atoms with Crippen LogP contribution in [-0.2, 0) is 13.2 Å². The summed E-state index contributed by atoms with van der Waals surface area (Å²) >= 11 is 0. The number of amides is 1. The van der Waals surface area contributed by atoms with E-state index in [1.807, 2.05) is 30.3 Å². The Bertz CT molecular complexity index is 1420. The number of alkyl halides is 1. The lowest BCUT2D eigenvalue weighted by molar-refractivity contribution is 0.0785. The molecule has 0 saturated heterocycles. The number of carbonyl (C=O) groups is 1. The molecule has 1 aromatic heterocycles. The van der Waals surface area contributed by atoms with Gasteiger partial charge in [0.05, 0.1) is 29.5 Å². The summed E-state index contributed by atoms with van der Waals surface area (Å²) in [6.07, 6.45) is 3.75. The van der Waals surface area contributed by atoms with Gasteiger partial charge in [0, 0.05) is 30.1 Å². The van der Waals surface area contributed by atoms with Gasteiger partial charge in [-0.1, -0.05) is 24.3 Å². The van der Waals surface area contributed by atoms with Crippen molar-refractivity contribution in [3.8, 4) is 22.9 Å². The quantitative estimate of drug-likeness (QED) is 0.406. The molecule has 5 rings (SSSR count). The maximum atomic E-state index is 13.3. The van der Waals surface area contributed by atoms with E-state index in [4.69, 9.17) is 4.74 Å². The number of H-pyrrole nitrogens is 1. The van der Waals surface area contributed by atoms with Crippen LogP contribution >= 0.6 is 0 Å². The van der Waals surface area contributed by atoms with E-state index in [1.165, 1.54) is 0 Å². The normalized spacial score (nSPS) is 13.0. The fourth-order valence-electron chi connectivity index (χ4n) is 4.06. The number of nitrogens with one attached hydrogen (secondary N) is 1. The van der Waals surface area contributed by atoms with Gasteiger partial charge in [0.2, 0.25) is 0 Å². The van der Waals surface area contributed by atoms with E-state index in [0.717, 1.165) is 40.4 Å². The van der Waals surface area contributed by atoms with Gasteiger partial charge >= 0.3 is 0 Å². The van der Waals surface area contributed by atoms with Crippen LogP contribution < -0.4 is 4.74 Å². The predicted molar refractivity (Wildman–Crippen MR) is 127 cm³/mol. The van der Waals surface area contributed by atoms with Gasteiger partial charge in [-0.05, 0) is 59.9 Å². The van der Waals surface area contributed by atoms with Crippen molar-refractivity contribution >= 4 is 16.8 Å². The lowest BCUT2D eigenvalue weighted by Gasteiger charge is -2.19. The summed E-state index contributed by atoms with van der Waals surface area (Å²) in [5, 5.41) is 17.0. The van der Waals surface area contributed by atoms with E-state index in [-0.39, 0.29) is 12.0 Å². The minimum Gasteiger partial charge on any atom is -0.490 e. The van der Waals surface area contributed by atoms with E-state index in [0.29, 0.717) is 29.0 Å². The van der Waals surface area contributed by atoms with Crippen LogP contribution in [0.15, 0.2) is 60.8 Å². The number of nitriles is 1. The second-order valence-electron chi connectivity index (χ2n) is 8.56. The Balaban J connectivity index is 1.43. The lowest BCUT2D eigenvalue weighted by Crippen LogP contribution is -2.26. The molecule has 4 aromatic rings. The first-order valence-electron chi connectivity index (χ1n) is 11.1.